The number of carbonyl (C=O) groups is 1. The van der Waals surface area contributed by atoms with Crippen LogP contribution in [0.5, 0.6) is 0 Å². The van der Waals surface area contributed by atoms with E-state index >= 15 is 0 Å². The van der Waals surface area contributed by atoms with Crippen LogP contribution in [0.2, 0.25) is 10.0 Å². The Kier molecular flexibility index (Phi) is 8.59. The van der Waals surface area contributed by atoms with E-state index < -0.39 is 28.1 Å². The van der Waals surface area contributed by atoms with Gasteiger partial charge in [-0.15, -0.1) is 0 Å². The SMILES string of the molecule is CC(C)C[C@H](NC[C@@H](O)CNS(=O)(=O)c1ccc(Cl)cc1Cl)C(N)=O. The molecule has 0 spiro atoms. The van der Waals surface area contributed by atoms with E-state index in [1.807, 2.05) is 13.8 Å². The van der Waals surface area contributed by atoms with Gasteiger partial charge in [0.05, 0.1) is 17.2 Å². The second-order valence-corrected chi connectivity index (χ2v) is 8.65. The zero-order valence-corrected chi connectivity index (χ0v) is 16.3. The Morgan fingerprint density at radius 2 is 1.92 bits per heavy atom. The molecule has 1 rings (SSSR count). The third-order valence-corrected chi connectivity index (χ3v) is 5.48. The molecule has 0 aromatic heterocycles. The first kappa shape index (κ1) is 22.1. The molecule has 0 unspecified atom stereocenters. The number of benzene rings is 1. The maximum Gasteiger partial charge on any atom is 0.242 e. The van der Waals surface area contributed by atoms with Gasteiger partial charge in [0.25, 0.3) is 0 Å². The average Bonchev–Trinajstić information content (AvgIpc) is 2.48. The van der Waals surface area contributed by atoms with E-state index in [4.69, 9.17) is 28.9 Å². The molecule has 0 aliphatic carbocycles. The van der Waals surface area contributed by atoms with Crippen molar-refractivity contribution in [1.82, 2.24) is 10.0 Å². The first-order chi connectivity index (χ1) is 11.5. The molecule has 10 heteroatoms. The Morgan fingerprint density at radius 3 is 2.44 bits per heavy atom. The molecule has 0 aliphatic rings. The number of halogens is 2. The molecule has 1 aromatic rings. The standard InChI is InChI=1S/C15H23Cl2N3O4S/c1-9(2)5-13(15(18)22)19-7-11(21)8-20-25(23,24)14-4-3-10(16)6-12(14)17/h3-4,6,9,11,13,19-21H,5,7-8H2,1-2H3,(H2,18,22)/t11-,13+/m1/s1. The number of sulfonamides is 1. The molecule has 0 saturated carbocycles. The second kappa shape index (κ2) is 9.70. The third kappa shape index (κ3) is 7.47. The van der Waals surface area contributed by atoms with Crippen molar-refractivity contribution in [2.24, 2.45) is 11.7 Å². The van der Waals surface area contributed by atoms with Crippen LogP contribution in [0.1, 0.15) is 20.3 Å². The lowest BCUT2D eigenvalue weighted by Crippen LogP contribution is -2.47. The summed E-state index contributed by atoms with van der Waals surface area (Å²) in [7, 11) is -3.90. The van der Waals surface area contributed by atoms with Crippen LogP contribution in [0.4, 0.5) is 0 Å². The highest BCUT2D eigenvalue weighted by Gasteiger charge is 2.21. The van der Waals surface area contributed by atoms with Gasteiger partial charge in [-0.2, -0.15) is 0 Å². The molecule has 7 nitrogen and oxygen atoms in total. The summed E-state index contributed by atoms with van der Waals surface area (Å²) in [6.07, 6.45) is -0.524. The van der Waals surface area contributed by atoms with E-state index in [0.29, 0.717) is 11.4 Å². The summed E-state index contributed by atoms with van der Waals surface area (Å²) in [4.78, 5) is 11.2. The number of nitrogens with one attached hydrogen (secondary N) is 2. The van der Waals surface area contributed by atoms with E-state index in [2.05, 4.69) is 10.0 Å². The number of rotatable bonds is 10. The molecule has 0 saturated heterocycles. The van der Waals surface area contributed by atoms with Gasteiger partial charge in [-0.3, -0.25) is 4.79 Å². The number of carbonyl (C=O) groups excluding carboxylic acids is 1. The predicted octanol–water partition coefficient (Wildman–Crippen LogP) is 1.12. The first-order valence-electron chi connectivity index (χ1n) is 7.68. The molecule has 1 aromatic carbocycles. The van der Waals surface area contributed by atoms with Gasteiger partial charge >= 0.3 is 0 Å². The fourth-order valence-corrected chi connectivity index (χ4v) is 3.94. The summed E-state index contributed by atoms with van der Waals surface area (Å²) in [6, 6.07) is 3.42. The van der Waals surface area contributed by atoms with Crippen LogP contribution in [-0.4, -0.2) is 44.7 Å². The van der Waals surface area contributed by atoms with Crippen LogP contribution in [-0.2, 0) is 14.8 Å². The van der Waals surface area contributed by atoms with Gasteiger partial charge in [0, 0.05) is 18.1 Å². The number of amides is 1. The van der Waals surface area contributed by atoms with Crippen LogP contribution in [0.3, 0.4) is 0 Å². The fraction of sp³-hybridized carbons (Fsp3) is 0.533. The zero-order valence-electron chi connectivity index (χ0n) is 14.0. The highest BCUT2D eigenvalue weighted by Crippen LogP contribution is 2.24. The van der Waals surface area contributed by atoms with Gasteiger partial charge < -0.3 is 16.2 Å². The first-order valence-corrected chi connectivity index (χ1v) is 9.92. The summed E-state index contributed by atoms with van der Waals surface area (Å²) in [5.41, 5.74) is 5.30. The van der Waals surface area contributed by atoms with Gasteiger partial charge in [-0.25, -0.2) is 13.1 Å². The van der Waals surface area contributed by atoms with E-state index in [1.165, 1.54) is 18.2 Å². The van der Waals surface area contributed by atoms with E-state index in [9.17, 15) is 18.3 Å². The predicted molar refractivity (Wildman–Crippen MR) is 98.1 cm³/mol. The molecule has 142 valence electrons. The molecular formula is C15H23Cl2N3O4S. The normalized spacial score (nSPS) is 14.5. The molecule has 0 radical (unpaired) electrons. The van der Waals surface area contributed by atoms with Gasteiger partial charge in [-0.1, -0.05) is 37.0 Å². The van der Waals surface area contributed by atoms with Crippen molar-refractivity contribution in [2.75, 3.05) is 13.1 Å². The minimum Gasteiger partial charge on any atom is -0.390 e. The fourth-order valence-electron chi connectivity index (χ4n) is 2.10. The maximum absolute atomic E-state index is 12.2. The average molecular weight is 412 g/mol. The smallest absolute Gasteiger partial charge is 0.242 e. The summed E-state index contributed by atoms with van der Waals surface area (Å²) < 4.78 is 26.7. The maximum atomic E-state index is 12.2. The minimum atomic E-state index is -3.90. The van der Waals surface area contributed by atoms with Crippen LogP contribution in [0, 0.1) is 5.92 Å². The highest BCUT2D eigenvalue weighted by molar-refractivity contribution is 7.89. The molecule has 0 fully saturated rings. The van der Waals surface area contributed by atoms with Gasteiger partial charge in [0.2, 0.25) is 15.9 Å². The summed E-state index contributed by atoms with van der Waals surface area (Å²) >= 11 is 11.6. The van der Waals surface area contributed by atoms with Crippen molar-refractivity contribution in [1.29, 1.82) is 0 Å². The van der Waals surface area contributed by atoms with Crippen molar-refractivity contribution in [3.05, 3.63) is 28.2 Å². The molecule has 0 aliphatic heterocycles. The molecule has 5 N–H and O–H groups in total. The van der Waals surface area contributed by atoms with Crippen molar-refractivity contribution >= 4 is 39.1 Å². The van der Waals surface area contributed by atoms with Crippen molar-refractivity contribution < 1.29 is 18.3 Å². The Bertz CT molecular complexity index is 698. The number of aliphatic hydroxyl groups excluding tert-OH is 1. The van der Waals surface area contributed by atoms with Crippen LogP contribution in [0.25, 0.3) is 0 Å². The molecule has 0 heterocycles. The Morgan fingerprint density at radius 1 is 1.28 bits per heavy atom. The van der Waals surface area contributed by atoms with Gasteiger partial charge in [0.15, 0.2) is 0 Å². The second-order valence-electron chi connectivity index (χ2n) is 6.07. The van der Waals surface area contributed by atoms with Crippen LogP contribution in [0.15, 0.2) is 23.1 Å². The summed E-state index contributed by atoms with van der Waals surface area (Å²) in [6.45, 7) is 3.65. The van der Waals surface area contributed by atoms with E-state index in [1.54, 1.807) is 0 Å². The Balaban J connectivity index is 2.60. The van der Waals surface area contributed by atoms with Crippen LogP contribution < -0.4 is 15.8 Å². The molecule has 0 bridgehead atoms. The highest BCUT2D eigenvalue weighted by atomic mass is 35.5. The lowest BCUT2D eigenvalue weighted by Gasteiger charge is -2.20. The molecule has 2 atom stereocenters. The summed E-state index contributed by atoms with van der Waals surface area (Å²) in [5.74, 6) is -0.276. The van der Waals surface area contributed by atoms with Gasteiger partial charge in [0.1, 0.15) is 4.90 Å². The van der Waals surface area contributed by atoms with Gasteiger partial charge in [-0.05, 0) is 30.5 Å². The number of primary amides is 1. The largest absolute Gasteiger partial charge is 0.390 e. The van der Waals surface area contributed by atoms with E-state index in [0.717, 1.165) is 0 Å². The van der Waals surface area contributed by atoms with Crippen molar-refractivity contribution in [3.8, 4) is 0 Å². The molecular weight excluding hydrogens is 389 g/mol. The number of nitrogens with two attached hydrogens (primary N) is 1. The lowest BCUT2D eigenvalue weighted by atomic mass is 10.0. The lowest BCUT2D eigenvalue weighted by molar-refractivity contribution is -0.120. The number of hydrogen-bond donors (Lipinski definition) is 4. The molecule has 25 heavy (non-hydrogen) atoms. The molecule has 1 amide bonds. The van der Waals surface area contributed by atoms with E-state index in [-0.39, 0.29) is 28.9 Å². The topological polar surface area (TPSA) is 122 Å². The number of aliphatic hydroxyl groups is 1. The van der Waals surface area contributed by atoms with Crippen molar-refractivity contribution in [2.45, 2.75) is 37.3 Å². The monoisotopic (exact) mass is 411 g/mol. The number of hydrogen-bond acceptors (Lipinski definition) is 5. The third-order valence-electron chi connectivity index (χ3n) is 3.34. The zero-order chi connectivity index (χ0) is 19.2. The Labute approximate surface area is 157 Å². The minimum absolute atomic E-state index is 0.0111. The van der Waals surface area contributed by atoms with Crippen molar-refractivity contribution in [3.63, 3.8) is 0 Å². The quantitative estimate of drug-likeness (QED) is 0.459. The Hall–Kier alpha value is -0.900. The van der Waals surface area contributed by atoms with Crippen LogP contribution >= 0.6 is 23.2 Å². The summed E-state index contributed by atoms with van der Waals surface area (Å²) in [5, 5.41) is 13.1.